The van der Waals surface area contributed by atoms with Crippen molar-refractivity contribution < 1.29 is 142 Å². The van der Waals surface area contributed by atoms with Crippen LogP contribution in [0.3, 0.4) is 0 Å². The average molecular weight is 2270 g/mol. The summed E-state index contributed by atoms with van der Waals surface area (Å²) in [5.41, 5.74) is 4.85. The Kier molecular flexibility index (Phi) is 77.8. The molecule has 4 saturated carbocycles. The fraction of sp³-hybridized carbons (Fsp3) is 0.670. The van der Waals surface area contributed by atoms with E-state index in [1.165, 1.54) is 35.1 Å². The van der Waals surface area contributed by atoms with Crippen LogP contribution in [0, 0.1) is 67.6 Å². The number of aliphatic hydroxyl groups excluding tert-OH is 12. The van der Waals surface area contributed by atoms with Crippen LogP contribution in [-0.4, -0.2) is 221 Å². The van der Waals surface area contributed by atoms with Crippen LogP contribution in [-0.2, 0) is 86.3 Å². The summed E-state index contributed by atoms with van der Waals surface area (Å²) in [4.78, 5) is 68.2. The number of alkyl halides is 3. The number of rotatable bonds is 65. The molecule has 14 N–H and O–H groups in total. The molecule has 8 rings (SSSR count). The number of aryl methyl sites for hydroxylation is 4. The largest absolute Gasteiger partial charge is 0.481 e. The standard InChI is InChI=1S/C28H44O5.C27H41BrO5.C27H41NO8.C23H34O5.C4H8Br2.Ag.HNO3/c1-2-3-11-20-33-28(32)15-10-5-4-9-14-24-25(27(31)21-26(24)30)19-18-23(29)17-16-22-12-7-6-8-13-22;28-18-8-9-19-33-27(32)13-7-2-1-6-12-23-24(26(31)20-25(23)30)17-16-22(29)15-14-21-10-4-3-5-11-21;29-22(15-14-21-10-4-3-5-11-21)16-17-24-23(25(30)20-26(24)31)12-6-1-2-7-13-27(32)35-18-8-9-19-36-28(33)34;24-18(13-12-17-8-4-3-5-9-17)14-15-20-19(21(25)16-22(20)26)10-6-1-2-7-11-23(27)28;5-3-1-2-4-6;;2-1(3)4/h4,6-9,12-13,23-27,29-31H,2-3,5,10-11,14-21H2,1H3;1,3-6,10-11,22-26,29-31H,2,7-9,12-20H2;1,3-6,10-11,22-26,29-31H,2,7-9,12-20H2;1,3-6,8-9,18-22,24-26H,2,7,10-16H2,(H,27,28);1-4H2;;(H,2,3,4)/b9-4-;6-1-;6-1+;6-1-;;;/t23-,24+,25+,26-,27+;2*22-,23+,24+,25-,26+;18-,19+,20+,21-,22+;;;/m0000.../s1. The van der Waals surface area contributed by atoms with Gasteiger partial charge < -0.3 is 90.6 Å². The summed E-state index contributed by atoms with van der Waals surface area (Å²) in [5, 5.41) is 159. The molecule has 0 saturated heterocycles. The maximum Gasteiger partial charge on any atom is 0.305 e. The molecule has 4 aliphatic rings. The maximum absolute atomic E-state index is 11.7. The van der Waals surface area contributed by atoms with Crippen LogP contribution in [0.15, 0.2) is 170 Å². The number of unbranched alkanes of at least 4 members (excludes halogenated alkanes) is 9. The van der Waals surface area contributed by atoms with Gasteiger partial charge in [0.15, 0.2) is 0 Å². The van der Waals surface area contributed by atoms with Crippen molar-refractivity contribution in [3.05, 3.63) is 212 Å². The van der Waals surface area contributed by atoms with Gasteiger partial charge in [-0.2, -0.15) is 0 Å². The second kappa shape index (κ2) is 83.8. The zero-order chi connectivity index (χ0) is 103. The van der Waals surface area contributed by atoms with E-state index in [9.17, 15) is 90.6 Å². The van der Waals surface area contributed by atoms with Crippen molar-refractivity contribution in [1.29, 1.82) is 0 Å². The summed E-state index contributed by atoms with van der Waals surface area (Å²) < 4.78 is 15.5. The molecule has 28 nitrogen and oxygen atoms in total. The first-order valence-electron chi connectivity index (χ1n) is 51.4. The van der Waals surface area contributed by atoms with E-state index in [0.29, 0.717) is 193 Å². The minimum Gasteiger partial charge on any atom is -0.481 e. The third-order valence-electron chi connectivity index (χ3n) is 26.5. The molecular formula is C109H169AgBr3N2O26. The summed E-state index contributed by atoms with van der Waals surface area (Å²) in [6.45, 7) is 3.35. The Morgan fingerprint density at radius 2 is 0.574 bits per heavy atom. The predicted octanol–water partition coefficient (Wildman–Crippen LogP) is 19.2. The van der Waals surface area contributed by atoms with Gasteiger partial charge in [-0.05, 0) is 320 Å². The molecular weight excluding hydrogens is 2100 g/mol. The number of allylic oxidation sites excluding steroid dienone is 8. The first-order chi connectivity index (χ1) is 67.5. The number of aliphatic carboxylic acids is 1. The van der Waals surface area contributed by atoms with Gasteiger partial charge in [0.1, 0.15) is 0 Å². The summed E-state index contributed by atoms with van der Waals surface area (Å²) in [7, 11) is 0. The minimum atomic E-state index is -1.50. The van der Waals surface area contributed by atoms with Crippen molar-refractivity contribution in [2.45, 2.75) is 369 Å². The number of aliphatic hydroxyl groups is 12. The Morgan fingerprint density at radius 1 is 0.348 bits per heavy atom. The molecule has 0 bridgehead atoms. The number of nitrogens with zero attached hydrogens (tertiary/aromatic N) is 2. The molecule has 0 spiro atoms. The van der Waals surface area contributed by atoms with E-state index in [2.05, 4.69) is 132 Å². The summed E-state index contributed by atoms with van der Waals surface area (Å²) in [5.74, 6) is -1.40. The Balaban J connectivity index is 0.000000614. The first kappa shape index (κ1) is 131. The third kappa shape index (κ3) is 64.5. The summed E-state index contributed by atoms with van der Waals surface area (Å²) in [6.07, 6.45) is 41.8. The van der Waals surface area contributed by atoms with E-state index in [0.717, 1.165) is 106 Å². The van der Waals surface area contributed by atoms with Gasteiger partial charge in [-0.1, -0.05) is 237 Å². The van der Waals surface area contributed by atoms with Crippen LogP contribution in [0.25, 0.3) is 0 Å². The molecule has 0 heterocycles. The van der Waals surface area contributed by atoms with Gasteiger partial charge in [-0.15, -0.1) is 20.2 Å². The molecule has 0 aromatic heterocycles. The number of halogens is 3. The Bertz CT molecular complexity index is 3790. The molecule has 4 aromatic carbocycles. The summed E-state index contributed by atoms with van der Waals surface area (Å²) in [6, 6.07) is 40.5. The van der Waals surface area contributed by atoms with E-state index in [1.807, 2.05) is 97.1 Å². The van der Waals surface area contributed by atoms with Crippen molar-refractivity contribution in [3.63, 3.8) is 0 Å². The molecule has 141 heavy (non-hydrogen) atoms. The molecule has 4 aromatic rings. The van der Waals surface area contributed by atoms with Gasteiger partial charge in [-0.25, -0.2) is 0 Å². The zero-order valence-corrected chi connectivity index (χ0v) is 89.2. The van der Waals surface area contributed by atoms with Crippen LogP contribution < -0.4 is 0 Å². The molecule has 803 valence electrons. The van der Waals surface area contributed by atoms with Gasteiger partial charge in [-0.3, -0.25) is 19.2 Å². The van der Waals surface area contributed by atoms with E-state index in [1.54, 1.807) is 0 Å². The number of carbonyl (C=O) groups excluding carboxylic acids is 3. The van der Waals surface area contributed by atoms with Crippen LogP contribution in [0.4, 0.5) is 0 Å². The van der Waals surface area contributed by atoms with Crippen molar-refractivity contribution >= 4 is 71.7 Å². The number of carbonyl (C=O) groups is 4. The molecule has 20 atom stereocenters. The predicted molar refractivity (Wildman–Crippen MR) is 556 cm³/mol. The number of benzene rings is 4. The fourth-order valence-corrected chi connectivity index (χ4v) is 19.6. The smallest absolute Gasteiger partial charge is 0.305 e. The number of hydrogen-bond donors (Lipinski definition) is 14. The number of esters is 3. The van der Waals surface area contributed by atoms with E-state index in [4.69, 9.17) is 34.6 Å². The molecule has 32 heteroatoms. The van der Waals surface area contributed by atoms with Crippen LogP contribution in [0.5, 0.6) is 0 Å². The Morgan fingerprint density at radius 3 is 0.816 bits per heavy atom. The van der Waals surface area contributed by atoms with Crippen LogP contribution in [0.1, 0.15) is 292 Å². The van der Waals surface area contributed by atoms with Gasteiger partial charge in [0.2, 0.25) is 0 Å². The first-order valence-corrected chi connectivity index (χ1v) is 54.8. The van der Waals surface area contributed by atoms with Crippen molar-refractivity contribution in [1.82, 2.24) is 0 Å². The number of carboxylic acids is 1. The maximum atomic E-state index is 11.7. The van der Waals surface area contributed by atoms with Crippen LogP contribution >= 0.6 is 47.8 Å². The van der Waals surface area contributed by atoms with E-state index < -0.39 is 89.4 Å². The molecule has 0 aliphatic heterocycles. The Labute approximate surface area is 879 Å². The van der Waals surface area contributed by atoms with E-state index in [-0.39, 0.29) is 107 Å². The second-order valence-corrected chi connectivity index (χ2v) is 39.8. The van der Waals surface area contributed by atoms with Crippen molar-refractivity contribution in [2.24, 2.45) is 47.3 Å². The van der Waals surface area contributed by atoms with Gasteiger partial charge in [0, 0.05) is 64.1 Å². The molecule has 4 aliphatic carbocycles. The normalized spacial score (nSPS) is 22.6. The quantitative estimate of drug-likeness (QED) is 0.00285. The number of hydrogen-bond acceptors (Lipinski definition) is 24. The van der Waals surface area contributed by atoms with Crippen molar-refractivity contribution in [3.8, 4) is 0 Å². The summed E-state index contributed by atoms with van der Waals surface area (Å²) >= 11 is 10.0. The van der Waals surface area contributed by atoms with Crippen molar-refractivity contribution in [2.75, 3.05) is 42.4 Å². The number of carboxylic acid groups (broad SMARTS) is 1. The van der Waals surface area contributed by atoms with Crippen LogP contribution in [0.2, 0.25) is 0 Å². The Hall–Kier alpha value is -6.18. The van der Waals surface area contributed by atoms with Gasteiger partial charge in [0.05, 0.1) is 99.7 Å². The second-order valence-electron chi connectivity index (χ2n) is 37.5. The average Bonchev–Trinajstić information content (AvgIpc) is 1.71. The van der Waals surface area contributed by atoms with Gasteiger partial charge >= 0.3 is 23.9 Å². The number of ether oxygens (including phenoxy) is 3. The molecule has 0 unspecified atom stereocenters. The van der Waals surface area contributed by atoms with E-state index >= 15 is 0 Å². The zero-order valence-electron chi connectivity index (χ0n) is 83.0. The molecule has 4 fully saturated rings. The molecule has 0 amide bonds. The fourth-order valence-electron chi connectivity index (χ4n) is 18.5. The third-order valence-corrected chi connectivity index (χ3v) is 28.2. The van der Waals surface area contributed by atoms with Gasteiger partial charge in [0.25, 0.3) is 10.2 Å². The SMILES string of the molecule is BrCCCCBr.CCCCCOC(=O)CCC/C=C\C[C@@H]1[C@@H](CC[C@@H](O)CCc2ccccc2)[C@H](O)C[C@@H]1O.O=C(CCC/C=C/C[C@@H]1[C@@H](CC[C@@H](O)CCc2ccccc2)[C@H](O)C[C@@H]1O)OCCCCO[N+](=O)[O-].O=C(CCC/C=C\C[C@@H]1[C@@H](CC[C@@H](O)CCc2ccccc2)[C@H](O)C[C@@H]1O)OCCCCBr.O=C(O)CCC/C=C\C[C@@H]1[C@@H](CC[C@@H](O)CCc2ccccc2)[C@H](O)C[C@@H]1O.O=[N+]([O-])O.[Ag]. The monoisotopic (exact) mass is 2270 g/mol. The topological polar surface area (TPSA) is 475 Å². The minimum absolute atomic E-state index is 0. The molecule has 1 radical (unpaired) electrons.